The Bertz CT molecular complexity index is 1650. The van der Waals surface area contributed by atoms with Gasteiger partial charge in [-0.2, -0.15) is 0 Å². The summed E-state index contributed by atoms with van der Waals surface area (Å²) < 4.78 is 19.7. The number of Topliss-reactive ketones (excluding diaryl/α,β-unsaturated/α-hetero) is 1. The third-order valence-corrected chi connectivity index (χ3v) is 8.75. The van der Waals surface area contributed by atoms with Gasteiger partial charge in [0.2, 0.25) is 0 Å². The number of hydrogen-bond donors (Lipinski definition) is 2. The molecule has 9 nitrogen and oxygen atoms in total. The number of carbonyl (C=O) groups is 3. The number of fused-ring (bicyclic) bond motifs is 1. The van der Waals surface area contributed by atoms with Crippen molar-refractivity contribution in [1.29, 1.82) is 0 Å². The first-order valence-corrected chi connectivity index (χ1v) is 15.5. The van der Waals surface area contributed by atoms with E-state index in [4.69, 9.17) is 24.2 Å². The van der Waals surface area contributed by atoms with Crippen LogP contribution in [-0.4, -0.2) is 75.4 Å². The van der Waals surface area contributed by atoms with Gasteiger partial charge < -0.3 is 14.6 Å². The van der Waals surface area contributed by atoms with Crippen LogP contribution in [0.4, 0.5) is 4.39 Å². The highest BCUT2D eigenvalue weighted by molar-refractivity contribution is 6.27. The Morgan fingerprint density at radius 3 is 2.30 bits per heavy atom. The molecule has 6 rings (SSSR count). The minimum Gasteiger partial charge on any atom is -0.473 e. The van der Waals surface area contributed by atoms with Crippen molar-refractivity contribution in [3.63, 3.8) is 0 Å². The third-order valence-electron chi connectivity index (χ3n) is 8.75. The summed E-state index contributed by atoms with van der Waals surface area (Å²) in [6.45, 7) is 5.38. The van der Waals surface area contributed by atoms with Crippen LogP contribution in [0.3, 0.4) is 0 Å². The number of carboxylic acids is 2. The Balaban J connectivity index is 0.000000635. The Labute approximate surface area is 267 Å². The maximum Gasteiger partial charge on any atom is 0.414 e. The number of hydrogen-bond acceptors (Lipinski definition) is 7. The molecule has 4 aromatic rings. The van der Waals surface area contributed by atoms with Crippen LogP contribution in [0, 0.1) is 11.7 Å². The summed E-state index contributed by atoms with van der Waals surface area (Å²) in [6.07, 6.45) is 9.01. The molecule has 1 atom stereocenters. The first kappa shape index (κ1) is 32.7. The number of likely N-dealkylation sites (tertiary alicyclic amines) is 1. The molecule has 240 valence electrons. The van der Waals surface area contributed by atoms with Gasteiger partial charge in [-0.25, -0.2) is 14.0 Å². The van der Waals surface area contributed by atoms with E-state index in [0.29, 0.717) is 16.8 Å². The number of pyridine rings is 1. The van der Waals surface area contributed by atoms with E-state index >= 15 is 0 Å². The molecular weight excluding hydrogens is 589 g/mol. The summed E-state index contributed by atoms with van der Waals surface area (Å²) in [7, 11) is 0. The minimum atomic E-state index is -1.82. The topological polar surface area (TPSA) is 124 Å². The van der Waals surface area contributed by atoms with Crippen LogP contribution in [0.25, 0.3) is 16.5 Å². The smallest absolute Gasteiger partial charge is 0.414 e. The number of rotatable bonds is 9. The summed E-state index contributed by atoms with van der Waals surface area (Å²) in [5, 5.41) is 15.3. The minimum absolute atomic E-state index is 0.0843. The molecule has 2 aromatic carbocycles. The summed E-state index contributed by atoms with van der Waals surface area (Å²) in [5.74, 6) is -3.65. The lowest BCUT2D eigenvalue weighted by Gasteiger charge is -2.33. The fourth-order valence-electron chi connectivity index (χ4n) is 6.27. The molecule has 0 bridgehead atoms. The van der Waals surface area contributed by atoms with E-state index in [1.165, 1.54) is 17.2 Å². The Morgan fingerprint density at radius 1 is 0.913 bits per heavy atom. The van der Waals surface area contributed by atoms with Gasteiger partial charge in [-0.3, -0.25) is 19.6 Å². The van der Waals surface area contributed by atoms with Gasteiger partial charge in [0.15, 0.2) is 0 Å². The maximum atomic E-state index is 14.1. The third kappa shape index (κ3) is 8.32. The number of aliphatic carboxylic acids is 2. The first-order chi connectivity index (χ1) is 22.3. The standard InChI is InChI=1S/C34H36FN3O2.C2H2O4/c35-31-10-9-28(34-29(31)16-23-40-34)26-11-18-37(19-12-26)22-15-30(32-8-4-5-17-36-32)33(39)27-13-20-38(21-14-27)24-25-6-2-1-3-7-25;3-1(4)2(5)6/h1-11,16-17,23,27,30H,12-15,18-22,24H2;(H,3,4)(H,5,6). The van der Waals surface area contributed by atoms with Gasteiger partial charge in [0, 0.05) is 37.3 Å². The number of nitrogens with zero attached hydrogens (tertiary/aromatic N) is 3. The predicted octanol–water partition coefficient (Wildman–Crippen LogP) is 5.87. The van der Waals surface area contributed by atoms with E-state index in [2.05, 4.69) is 51.2 Å². The van der Waals surface area contributed by atoms with Gasteiger partial charge in [0.25, 0.3) is 0 Å². The number of halogens is 1. The summed E-state index contributed by atoms with van der Waals surface area (Å²) in [4.78, 5) is 41.5. The van der Waals surface area contributed by atoms with E-state index < -0.39 is 11.9 Å². The van der Waals surface area contributed by atoms with Crippen molar-refractivity contribution in [2.75, 3.05) is 32.7 Å². The van der Waals surface area contributed by atoms with Gasteiger partial charge in [-0.05, 0) is 86.8 Å². The van der Waals surface area contributed by atoms with Crippen LogP contribution in [-0.2, 0) is 20.9 Å². The molecule has 1 fully saturated rings. The van der Waals surface area contributed by atoms with Gasteiger partial charge in [-0.1, -0.05) is 42.5 Å². The van der Waals surface area contributed by atoms with Crippen molar-refractivity contribution in [1.82, 2.24) is 14.8 Å². The van der Waals surface area contributed by atoms with Gasteiger partial charge in [0.1, 0.15) is 17.2 Å². The number of ketones is 1. The second-order valence-corrected chi connectivity index (χ2v) is 11.7. The molecule has 0 saturated carbocycles. The zero-order valence-corrected chi connectivity index (χ0v) is 25.6. The number of carbonyl (C=O) groups excluding carboxylic acids is 1. The Hall–Kier alpha value is -4.67. The highest BCUT2D eigenvalue weighted by Crippen LogP contribution is 2.33. The lowest BCUT2D eigenvalue weighted by atomic mass is 9.82. The average molecular weight is 628 g/mol. The summed E-state index contributed by atoms with van der Waals surface area (Å²) in [5.41, 5.74) is 5.00. The van der Waals surface area contributed by atoms with Crippen molar-refractivity contribution >= 4 is 34.3 Å². The van der Waals surface area contributed by atoms with Crippen LogP contribution >= 0.6 is 0 Å². The largest absolute Gasteiger partial charge is 0.473 e. The number of furan rings is 1. The zero-order valence-electron chi connectivity index (χ0n) is 25.6. The molecule has 0 aliphatic carbocycles. The van der Waals surface area contributed by atoms with E-state index in [-0.39, 0.29) is 17.7 Å². The summed E-state index contributed by atoms with van der Waals surface area (Å²) >= 11 is 0. The van der Waals surface area contributed by atoms with E-state index in [9.17, 15) is 9.18 Å². The number of aromatic nitrogens is 1. The van der Waals surface area contributed by atoms with Crippen LogP contribution in [0.2, 0.25) is 0 Å². The van der Waals surface area contributed by atoms with Crippen LogP contribution in [0.5, 0.6) is 0 Å². The van der Waals surface area contributed by atoms with E-state index in [0.717, 1.165) is 76.2 Å². The molecule has 2 aliphatic rings. The molecule has 0 radical (unpaired) electrons. The molecule has 4 heterocycles. The highest BCUT2D eigenvalue weighted by atomic mass is 19.1. The average Bonchev–Trinajstić information content (AvgIpc) is 3.58. The van der Waals surface area contributed by atoms with Crippen molar-refractivity contribution < 1.29 is 33.4 Å². The SMILES string of the molecule is O=C(C1CCN(Cc2ccccc2)CC1)C(CCN1CC=C(c2ccc(F)c3ccoc23)CC1)c1ccccn1.O=C(O)C(=O)O. The molecule has 46 heavy (non-hydrogen) atoms. The Kier molecular flexibility index (Phi) is 11.1. The van der Waals surface area contributed by atoms with Crippen LogP contribution in [0.1, 0.15) is 48.4 Å². The number of carboxylic acid groups (broad SMARTS) is 2. The summed E-state index contributed by atoms with van der Waals surface area (Å²) in [6, 6.07) is 21.5. The first-order valence-electron chi connectivity index (χ1n) is 15.5. The van der Waals surface area contributed by atoms with Crippen molar-refractivity contribution in [3.05, 3.63) is 108 Å². The number of piperidine rings is 1. The highest BCUT2D eigenvalue weighted by Gasteiger charge is 2.32. The van der Waals surface area contributed by atoms with Crippen LogP contribution in [0.15, 0.2) is 89.7 Å². The Morgan fingerprint density at radius 2 is 1.65 bits per heavy atom. The molecule has 2 aromatic heterocycles. The lowest BCUT2D eigenvalue weighted by Crippen LogP contribution is -2.38. The second kappa shape index (κ2) is 15.6. The van der Waals surface area contributed by atoms with Gasteiger partial charge in [-0.15, -0.1) is 0 Å². The van der Waals surface area contributed by atoms with Crippen molar-refractivity contribution in [2.45, 2.75) is 38.1 Å². The normalized spacial score (nSPS) is 16.7. The monoisotopic (exact) mass is 627 g/mol. The molecule has 10 heteroatoms. The second-order valence-electron chi connectivity index (χ2n) is 11.7. The van der Waals surface area contributed by atoms with Gasteiger partial charge in [0.05, 0.1) is 23.3 Å². The lowest BCUT2D eigenvalue weighted by molar-refractivity contribution is -0.159. The quantitative estimate of drug-likeness (QED) is 0.219. The molecule has 2 aliphatic heterocycles. The predicted molar refractivity (Wildman–Crippen MR) is 172 cm³/mol. The van der Waals surface area contributed by atoms with Crippen molar-refractivity contribution in [2.24, 2.45) is 5.92 Å². The molecular formula is C36H38FN3O6. The molecule has 0 amide bonds. The fourth-order valence-corrected chi connectivity index (χ4v) is 6.27. The molecule has 0 spiro atoms. The zero-order chi connectivity index (χ0) is 32.5. The van der Waals surface area contributed by atoms with E-state index in [1.807, 2.05) is 24.3 Å². The van der Waals surface area contributed by atoms with Gasteiger partial charge >= 0.3 is 11.9 Å². The molecule has 2 N–H and O–H groups in total. The van der Waals surface area contributed by atoms with Crippen molar-refractivity contribution in [3.8, 4) is 0 Å². The fraction of sp³-hybridized carbons (Fsp3) is 0.333. The van der Waals surface area contributed by atoms with E-state index in [1.54, 1.807) is 18.5 Å². The molecule has 1 saturated heterocycles. The van der Waals surface area contributed by atoms with Crippen LogP contribution < -0.4 is 0 Å². The molecule has 1 unspecified atom stereocenters. The number of benzene rings is 2. The maximum absolute atomic E-state index is 14.1.